The van der Waals surface area contributed by atoms with Crippen molar-refractivity contribution >= 4 is 11.8 Å². The minimum atomic E-state index is -0.0793. The summed E-state index contributed by atoms with van der Waals surface area (Å²) >= 11 is 0. The first-order valence-corrected chi connectivity index (χ1v) is 7.13. The molecule has 0 spiro atoms. The van der Waals surface area contributed by atoms with E-state index in [4.69, 9.17) is 0 Å². The van der Waals surface area contributed by atoms with Gasteiger partial charge in [0.1, 0.15) is 5.82 Å². The van der Waals surface area contributed by atoms with E-state index in [0.717, 1.165) is 30.6 Å². The number of nitrogens with one attached hydrogen (secondary N) is 1. The number of hydrogen-bond acceptors (Lipinski definition) is 3. The number of rotatable bonds is 2. The monoisotopic (exact) mass is 285 g/mol. The molecular weight excluding hydrogens is 266 g/mol. The molecule has 1 aliphatic rings. The first-order chi connectivity index (χ1) is 10.1. The van der Waals surface area contributed by atoms with Gasteiger partial charge >= 0.3 is 6.03 Å². The van der Waals surface area contributed by atoms with E-state index in [1.54, 1.807) is 10.9 Å². The number of urea groups is 1. The molecule has 0 aliphatic carbocycles. The zero-order valence-corrected chi connectivity index (χ0v) is 12.3. The lowest BCUT2D eigenvalue weighted by atomic mass is 10.1. The average Bonchev–Trinajstić information content (AvgIpc) is 3.07. The van der Waals surface area contributed by atoms with Gasteiger partial charge in [-0.05, 0) is 31.4 Å². The Morgan fingerprint density at radius 2 is 2.33 bits per heavy atom. The summed E-state index contributed by atoms with van der Waals surface area (Å²) in [7, 11) is 1.82. The molecule has 6 heteroatoms. The van der Waals surface area contributed by atoms with Crippen molar-refractivity contribution in [3.63, 3.8) is 0 Å². The van der Waals surface area contributed by atoms with Crippen LogP contribution in [0.15, 0.2) is 30.6 Å². The van der Waals surface area contributed by atoms with Gasteiger partial charge < -0.3 is 4.90 Å². The quantitative estimate of drug-likeness (QED) is 0.922. The van der Waals surface area contributed by atoms with Gasteiger partial charge in [0.25, 0.3) is 0 Å². The standard InChI is InChI=1S/C15H19N5O/c1-11-9-14(19(2)18-11)17-15(21)20-8-4-6-13(20)12-5-3-7-16-10-12/h3,5,7,9-10,13H,4,6,8H2,1-2H3,(H,17,21). The normalized spacial score (nSPS) is 18.0. The summed E-state index contributed by atoms with van der Waals surface area (Å²) < 4.78 is 1.68. The fraction of sp³-hybridized carbons (Fsp3) is 0.400. The molecule has 110 valence electrons. The van der Waals surface area contributed by atoms with Crippen LogP contribution in [-0.4, -0.2) is 32.2 Å². The number of hydrogen-bond donors (Lipinski definition) is 1. The van der Waals surface area contributed by atoms with Crippen LogP contribution in [-0.2, 0) is 7.05 Å². The Balaban J connectivity index is 1.76. The van der Waals surface area contributed by atoms with Gasteiger partial charge in [0.15, 0.2) is 0 Å². The van der Waals surface area contributed by atoms with Crippen molar-refractivity contribution in [2.75, 3.05) is 11.9 Å². The zero-order chi connectivity index (χ0) is 14.8. The maximum Gasteiger partial charge on any atom is 0.323 e. The third kappa shape index (κ3) is 2.74. The molecule has 1 atom stereocenters. The molecular formula is C15H19N5O. The van der Waals surface area contributed by atoms with Gasteiger partial charge in [0, 0.05) is 32.1 Å². The van der Waals surface area contributed by atoms with Crippen LogP contribution in [0.5, 0.6) is 0 Å². The van der Waals surface area contributed by atoms with Crippen LogP contribution in [0.25, 0.3) is 0 Å². The van der Waals surface area contributed by atoms with Crippen LogP contribution >= 0.6 is 0 Å². The average molecular weight is 285 g/mol. The summed E-state index contributed by atoms with van der Waals surface area (Å²) in [6, 6.07) is 5.83. The molecule has 1 fully saturated rings. The lowest BCUT2D eigenvalue weighted by Crippen LogP contribution is -2.35. The van der Waals surface area contributed by atoms with Crippen molar-refractivity contribution < 1.29 is 4.79 Å². The lowest BCUT2D eigenvalue weighted by molar-refractivity contribution is 0.207. The molecule has 0 bridgehead atoms. The summed E-state index contributed by atoms with van der Waals surface area (Å²) in [5.41, 5.74) is 1.98. The Bertz CT molecular complexity index is 637. The first kappa shape index (κ1) is 13.6. The van der Waals surface area contributed by atoms with E-state index in [0.29, 0.717) is 5.82 Å². The molecule has 1 aliphatic heterocycles. The molecule has 21 heavy (non-hydrogen) atoms. The summed E-state index contributed by atoms with van der Waals surface area (Å²) in [6.07, 6.45) is 5.58. The summed E-state index contributed by atoms with van der Waals surface area (Å²) in [4.78, 5) is 18.5. The maximum atomic E-state index is 12.5. The highest BCUT2D eigenvalue weighted by Gasteiger charge is 2.30. The molecule has 2 aromatic rings. The highest BCUT2D eigenvalue weighted by atomic mass is 16.2. The number of amides is 2. The van der Waals surface area contributed by atoms with Gasteiger partial charge in [-0.2, -0.15) is 5.10 Å². The van der Waals surface area contributed by atoms with Gasteiger partial charge in [-0.1, -0.05) is 6.07 Å². The Labute approximate surface area is 123 Å². The number of aromatic nitrogens is 3. The molecule has 2 aromatic heterocycles. The van der Waals surface area contributed by atoms with Crippen molar-refractivity contribution in [1.29, 1.82) is 0 Å². The smallest absolute Gasteiger partial charge is 0.317 e. The fourth-order valence-electron chi connectivity index (χ4n) is 2.84. The number of aryl methyl sites for hydroxylation is 2. The topological polar surface area (TPSA) is 63.1 Å². The van der Waals surface area contributed by atoms with E-state index in [-0.39, 0.29) is 12.1 Å². The number of likely N-dealkylation sites (tertiary alicyclic amines) is 1. The third-order valence-electron chi connectivity index (χ3n) is 3.82. The van der Waals surface area contributed by atoms with Gasteiger partial charge in [-0.3, -0.25) is 15.0 Å². The van der Waals surface area contributed by atoms with E-state index in [9.17, 15) is 4.79 Å². The lowest BCUT2D eigenvalue weighted by Gasteiger charge is -2.25. The second-order valence-electron chi connectivity index (χ2n) is 5.36. The van der Waals surface area contributed by atoms with Crippen molar-refractivity contribution in [1.82, 2.24) is 19.7 Å². The number of carbonyl (C=O) groups is 1. The van der Waals surface area contributed by atoms with Gasteiger partial charge in [-0.25, -0.2) is 4.79 Å². The summed E-state index contributed by atoms with van der Waals surface area (Å²) in [6.45, 7) is 2.67. The fourth-order valence-corrected chi connectivity index (χ4v) is 2.84. The van der Waals surface area contributed by atoms with Crippen LogP contribution in [0.4, 0.5) is 10.6 Å². The summed E-state index contributed by atoms with van der Waals surface area (Å²) in [5.74, 6) is 0.717. The van der Waals surface area contributed by atoms with Crippen LogP contribution < -0.4 is 5.32 Å². The van der Waals surface area contributed by atoms with Gasteiger partial charge in [0.05, 0.1) is 11.7 Å². The summed E-state index contributed by atoms with van der Waals surface area (Å²) in [5, 5.41) is 7.18. The highest BCUT2D eigenvalue weighted by molar-refractivity contribution is 5.89. The van der Waals surface area contributed by atoms with E-state index in [1.165, 1.54) is 0 Å². The van der Waals surface area contributed by atoms with E-state index in [1.807, 2.05) is 43.3 Å². The van der Waals surface area contributed by atoms with Crippen molar-refractivity contribution in [3.8, 4) is 0 Å². The Morgan fingerprint density at radius 1 is 1.48 bits per heavy atom. The maximum absolute atomic E-state index is 12.5. The van der Waals surface area contributed by atoms with Crippen LogP contribution in [0.1, 0.15) is 30.1 Å². The number of carbonyl (C=O) groups excluding carboxylic acids is 1. The molecule has 3 rings (SSSR count). The Kier molecular flexibility index (Phi) is 3.60. The SMILES string of the molecule is Cc1cc(NC(=O)N2CCCC2c2cccnc2)n(C)n1. The van der Waals surface area contributed by atoms with E-state index in [2.05, 4.69) is 15.4 Å². The molecule has 1 unspecified atom stereocenters. The van der Waals surface area contributed by atoms with Crippen LogP contribution in [0.2, 0.25) is 0 Å². The minimum absolute atomic E-state index is 0.0793. The molecule has 3 heterocycles. The van der Waals surface area contributed by atoms with E-state index < -0.39 is 0 Å². The van der Waals surface area contributed by atoms with Crippen molar-refractivity contribution in [2.24, 2.45) is 7.05 Å². The van der Waals surface area contributed by atoms with Crippen LogP contribution in [0.3, 0.4) is 0 Å². The molecule has 2 amide bonds. The molecule has 1 N–H and O–H groups in total. The predicted molar refractivity (Wildman–Crippen MR) is 79.9 cm³/mol. The molecule has 0 radical (unpaired) electrons. The number of anilines is 1. The second-order valence-corrected chi connectivity index (χ2v) is 5.36. The zero-order valence-electron chi connectivity index (χ0n) is 12.3. The highest BCUT2D eigenvalue weighted by Crippen LogP contribution is 2.31. The van der Waals surface area contributed by atoms with Gasteiger partial charge in [-0.15, -0.1) is 0 Å². The predicted octanol–water partition coefficient (Wildman–Crippen LogP) is 2.49. The Hall–Kier alpha value is -2.37. The number of pyridine rings is 1. The Morgan fingerprint density at radius 3 is 3.00 bits per heavy atom. The molecule has 6 nitrogen and oxygen atoms in total. The molecule has 0 saturated carbocycles. The minimum Gasteiger partial charge on any atom is -0.317 e. The number of nitrogens with zero attached hydrogens (tertiary/aromatic N) is 4. The van der Waals surface area contributed by atoms with Crippen LogP contribution in [0, 0.1) is 6.92 Å². The molecule has 0 aromatic carbocycles. The first-order valence-electron chi connectivity index (χ1n) is 7.13. The van der Waals surface area contributed by atoms with Gasteiger partial charge in [0.2, 0.25) is 0 Å². The van der Waals surface area contributed by atoms with E-state index >= 15 is 0 Å². The second kappa shape index (κ2) is 5.55. The molecule has 1 saturated heterocycles. The van der Waals surface area contributed by atoms with Crippen molar-refractivity contribution in [3.05, 3.63) is 41.9 Å². The largest absolute Gasteiger partial charge is 0.323 e. The third-order valence-corrected chi connectivity index (χ3v) is 3.82. The van der Waals surface area contributed by atoms with Crippen molar-refractivity contribution in [2.45, 2.75) is 25.8 Å².